The summed E-state index contributed by atoms with van der Waals surface area (Å²) in [5.74, 6) is 1.21. The molecule has 0 radical (unpaired) electrons. The number of aromatic nitrogens is 2. The molecule has 0 saturated carbocycles. The van der Waals surface area contributed by atoms with Gasteiger partial charge in [-0.3, -0.25) is 4.79 Å². The van der Waals surface area contributed by atoms with Gasteiger partial charge in [0.1, 0.15) is 11.9 Å². The molecule has 1 N–H and O–H groups in total. The quantitative estimate of drug-likeness (QED) is 0.757. The van der Waals surface area contributed by atoms with Crippen molar-refractivity contribution in [2.45, 2.75) is 32.4 Å². The van der Waals surface area contributed by atoms with Crippen LogP contribution in [0.5, 0.6) is 0 Å². The molecule has 0 spiro atoms. The normalized spacial score (nSPS) is 24.2. The molecule has 5 heteroatoms. The summed E-state index contributed by atoms with van der Waals surface area (Å²) in [6, 6.07) is -0.0191. The number of likely N-dealkylation sites (N-methyl/N-ethyl adjacent to an activating group) is 1. The average Bonchev–Trinajstić information content (AvgIpc) is 2.80. The third-order valence-electron chi connectivity index (χ3n) is 3.81. The van der Waals surface area contributed by atoms with Gasteiger partial charge >= 0.3 is 0 Å². The van der Waals surface area contributed by atoms with E-state index >= 15 is 0 Å². The van der Waals surface area contributed by atoms with Gasteiger partial charge in [-0.25, -0.2) is 4.98 Å². The third-order valence-corrected chi connectivity index (χ3v) is 3.81. The van der Waals surface area contributed by atoms with Gasteiger partial charge in [-0.15, -0.1) is 0 Å². The number of amides is 1. The molecule has 1 amide bonds. The largest absolute Gasteiger partial charge is 0.344 e. The van der Waals surface area contributed by atoms with E-state index in [9.17, 15) is 4.79 Å². The Morgan fingerprint density at radius 1 is 1.47 bits per heavy atom. The Labute approximate surface area is 101 Å². The summed E-state index contributed by atoms with van der Waals surface area (Å²) < 4.78 is 2.17. The second-order valence-electron chi connectivity index (χ2n) is 4.91. The number of likely N-dealkylation sites (tertiary alicyclic amines) is 1. The molecule has 1 fully saturated rings. The molecule has 17 heavy (non-hydrogen) atoms. The zero-order chi connectivity index (χ0) is 12.0. The minimum atomic E-state index is -0.0191. The van der Waals surface area contributed by atoms with Crippen LogP contribution in [0, 0.1) is 6.92 Å². The molecule has 3 heterocycles. The number of nitrogens with zero attached hydrogens (tertiary/aromatic N) is 3. The molecule has 2 aliphatic rings. The standard InChI is InChI=1S/C12H18N4O/c1-8-14-9-7-13-5-3-10(9)16(8)11-4-6-15(2)12(11)17/h11,13H,3-7H2,1-2H3. The van der Waals surface area contributed by atoms with Crippen LogP contribution < -0.4 is 5.32 Å². The summed E-state index contributed by atoms with van der Waals surface area (Å²) in [6.07, 6.45) is 1.88. The van der Waals surface area contributed by atoms with Crippen molar-refractivity contribution in [2.24, 2.45) is 0 Å². The predicted octanol–water partition coefficient (Wildman–Crippen LogP) is 0.240. The van der Waals surface area contributed by atoms with E-state index < -0.39 is 0 Å². The number of hydrogen-bond acceptors (Lipinski definition) is 3. The van der Waals surface area contributed by atoms with Crippen molar-refractivity contribution in [3.63, 3.8) is 0 Å². The second kappa shape index (κ2) is 3.84. The number of fused-ring (bicyclic) bond motifs is 1. The van der Waals surface area contributed by atoms with E-state index in [4.69, 9.17) is 0 Å². The van der Waals surface area contributed by atoms with Gasteiger partial charge in [-0.1, -0.05) is 0 Å². The molecule has 1 aromatic rings. The molecular formula is C12H18N4O. The van der Waals surface area contributed by atoms with Crippen molar-refractivity contribution in [1.29, 1.82) is 0 Å². The number of carbonyl (C=O) groups is 1. The molecule has 92 valence electrons. The van der Waals surface area contributed by atoms with E-state index in [0.717, 1.165) is 44.0 Å². The summed E-state index contributed by atoms with van der Waals surface area (Å²) in [5, 5.41) is 3.32. The van der Waals surface area contributed by atoms with Crippen LogP contribution in [0.2, 0.25) is 0 Å². The lowest BCUT2D eigenvalue weighted by molar-refractivity contribution is -0.129. The van der Waals surface area contributed by atoms with E-state index in [1.807, 2.05) is 18.9 Å². The number of rotatable bonds is 1. The number of carbonyl (C=O) groups excluding carboxylic acids is 1. The highest BCUT2D eigenvalue weighted by atomic mass is 16.2. The van der Waals surface area contributed by atoms with E-state index in [1.165, 1.54) is 5.69 Å². The van der Waals surface area contributed by atoms with Gasteiger partial charge < -0.3 is 14.8 Å². The summed E-state index contributed by atoms with van der Waals surface area (Å²) in [5.41, 5.74) is 2.38. The van der Waals surface area contributed by atoms with Crippen LogP contribution in [0.25, 0.3) is 0 Å². The van der Waals surface area contributed by atoms with Crippen LogP contribution in [0.15, 0.2) is 0 Å². The van der Waals surface area contributed by atoms with E-state index in [1.54, 1.807) is 0 Å². The molecule has 1 saturated heterocycles. The predicted molar refractivity (Wildman–Crippen MR) is 63.7 cm³/mol. The Bertz CT molecular complexity index is 465. The minimum absolute atomic E-state index is 0.0191. The van der Waals surface area contributed by atoms with Gasteiger partial charge in [-0.2, -0.15) is 0 Å². The summed E-state index contributed by atoms with van der Waals surface area (Å²) in [6.45, 7) is 4.67. The van der Waals surface area contributed by atoms with Crippen LogP contribution in [-0.4, -0.2) is 40.5 Å². The van der Waals surface area contributed by atoms with Crippen molar-refractivity contribution < 1.29 is 4.79 Å². The smallest absolute Gasteiger partial charge is 0.245 e. The molecular weight excluding hydrogens is 216 g/mol. The van der Waals surface area contributed by atoms with Gasteiger partial charge in [0.15, 0.2) is 0 Å². The highest BCUT2D eigenvalue weighted by Crippen LogP contribution is 2.28. The highest BCUT2D eigenvalue weighted by molar-refractivity contribution is 5.82. The fraction of sp³-hybridized carbons (Fsp3) is 0.667. The lowest BCUT2D eigenvalue weighted by atomic mass is 10.1. The monoisotopic (exact) mass is 234 g/mol. The van der Waals surface area contributed by atoms with Crippen LogP contribution in [0.1, 0.15) is 29.7 Å². The van der Waals surface area contributed by atoms with Gasteiger partial charge in [0.25, 0.3) is 0 Å². The van der Waals surface area contributed by atoms with Crippen molar-refractivity contribution in [2.75, 3.05) is 20.1 Å². The summed E-state index contributed by atoms with van der Waals surface area (Å²) in [7, 11) is 1.88. The third kappa shape index (κ3) is 1.57. The van der Waals surface area contributed by atoms with Crippen molar-refractivity contribution in [3.8, 4) is 0 Å². The first-order valence-electron chi connectivity index (χ1n) is 6.20. The van der Waals surface area contributed by atoms with Gasteiger partial charge in [-0.05, 0) is 13.3 Å². The number of hydrogen-bond donors (Lipinski definition) is 1. The van der Waals surface area contributed by atoms with E-state index in [2.05, 4.69) is 14.9 Å². The zero-order valence-electron chi connectivity index (χ0n) is 10.4. The average molecular weight is 234 g/mol. The molecule has 1 atom stereocenters. The SMILES string of the molecule is Cc1nc2c(n1C1CCN(C)C1=O)CCNC2. The first-order valence-corrected chi connectivity index (χ1v) is 6.20. The minimum Gasteiger partial charge on any atom is -0.344 e. The van der Waals surface area contributed by atoms with Crippen molar-refractivity contribution in [3.05, 3.63) is 17.2 Å². The molecule has 2 aliphatic heterocycles. The first kappa shape index (κ1) is 10.8. The van der Waals surface area contributed by atoms with Crippen LogP contribution in [0.3, 0.4) is 0 Å². The Kier molecular flexibility index (Phi) is 2.43. The maximum Gasteiger partial charge on any atom is 0.245 e. The molecule has 0 aromatic carbocycles. The lowest BCUT2D eigenvalue weighted by Crippen LogP contribution is -2.29. The van der Waals surface area contributed by atoms with E-state index in [0.29, 0.717) is 0 Å². The van der Waals surface area contributed by atoms with Crippen LogP contribution in [0.4, 0.5) is 0 Å². The van der Waals surface area contributed by atoms with Crippen LogP contribution in [-0.2, 0) is 17.8 Å². The number of aryl methyl sites for hydroxylation is 1. The molecule has 5 nitrogen and oxygen atoms in total. The number of imidazole rings is 1. The van der Waals surface area contributed by atoms with Gasteiger partial charge in [0.05, 0.1) is 5.69 Å². The fourth-order valence-corrected chi connectivity index (χ4v) is 2.93. The summed E-state index contributed by atoms with van der Waals surface area (Å²) in [4.78, 5) is 18.5. The highest BCUT2D eigenvalue weighted by Gasteiger charge is 2.34. The number of nitrogens with one attached hydrogen (secondary N) is 1. The Morgan fingerprint density at radius 2 is 2.29 bits per heavy atom. The summed E-state index contributed by atoms with van der Waals surface area (Å²) >= 11 is 0. The molecule has 1 aromatic heterocycles. The maximum absolute atomic E-state index is 12.1. The first-order chi connectivity index (χ1) is 8.18. The van der Waals surface area contributed by atoms with E-state index in [-0.39, 0.29) is 11.9 Å². The zero-order valence-corrected chi connectivity index (χ0v) is 10.4. The van der Waals surface area contributed by atoms with Gasteiger partial charge in [0.2, 0.25) is 5.91 Å². The lowest BCUT2D eigenvalue weighted by Gasteiger charge is -2.19. The molecule has 0 aliphatic carbocycles. The van der Waals surface area contributed by atoms with Crippen molar-refractivity contribution >= 4 is 5.91 Å². The molecule has 3 rings (SSSR count). The molecule has 0 bridgehead atoms. The topological polar surface area (TPSA) is 50.2 Å². The Morgan fingerprint density at radius 3 is 3.00 bits per heavy atom. The fourth-order valence-electron chi connectivity index (χ4n) is 2.93. The van der Waals surface area contributed by atoms with Crippen molar-refractivity contribution in [1.82, 2.24) is 19.8 Å². The van der Waals surface area contributed by atoms with Gasteiger partial charge in [0, 0.05) is 38.8 Å². The maximum atomic E-state index is 12.1. The van der Waals surface area contributed by atoms with Crippen LogP contribution >= 0.6 is 0 Å². The molecule has 1 unspecified atom stereocenters. The Balaban J connectivity index is 2.03. The second-order valence-corrected chi connectivity index (χ2v) is 4.91. The Hall–Kier alpha value is -1.36.